The molecule has 0 bridgehead atoms. The Kier molecular flexibility index (Phi) is 4.52. The van der Waals surface area contributed by atoms with Gasteiger partial charge in [-0.2, -0.15) is 0 Å². The van der Waals surface area contributed by atoms with Gasteiger partial charge >= 0.3 is 11.9 Å². The summed E-state index contributed by atoms with van der Waals surface area (Å²) in [6.07, 6.45) is -1.66. The molecule has 0 aromatic carbocycles. The summed E-state index contributed by atoms with van der Waals surface area (Å²) in [5.41, 5.74) is -2.60. The van der Waals surface area contributed by atoms with E-state index in [-0.39, 0.29) is 6.42 Å². The van der Waals surface area contributed by atoms with Gasteiger partial charge in [0.2, 0.25) is 0 Å². The molecule has 0 aliphatic rings. The molecule has 82 valence electrons. The van der Waals surface area contributed by atoms with Crippen LogP contribution in [0.5, 0.6) is 0 Å². The van der Waals surface area contributed by atoms with E-state index >= 15 is 0 Å². The predicted octanol–water partition coefficient (Wildman–Crippen LogP) is -0.562. The number of aliphatic hydroxyl groups excluding tert-OH is 1. The highest BCUT2D eigenvalue weighted by Crippen LogP contribution is 2.19. The third-order valence-electron chi connectivity index (χ3n) is 1.97. The van der Waals surface area contributed by atoms with Crippen LogP contribution >= 0.6 is 0 Å². The lowest BCUT2D eigenvalue weighted by atomic mass is 9.90. The summed E-state index contributed by atoms with van der Waals surface area (Å²) in [7, 11) is 0. The minimum atomic E-state index is -2.60. The van der Waals surface area contributed by atoms with Gasteiger partial charge in [0, 0.05) is 0 Å². The molecule has 0 saturated carbocycles. The summed E-state index contributed by atoms with van der Waals surface area (Å²) in [4.78, 5) is 20.9. The van der Waals surface area contributed by atoms with Gasteiger partial charge in [-0.05, 0) is 6.42 Å². The highest BCUT2D eigenvalue weighted by atomic mass is 16.4. The van der Waals surface area contributed by atoms with E-state index in [1.807, 2.05) is 0 Å². The van der Waals surface area contributed by atoms with Crippen LogP contribution in [0, 0.1) is 0 Å². The van der Waals surface area contributed by atoms with Gasteiger partial charge in [-0.25, -0.2) is 9.59 Å². The molecule has 14 heavy (non-hydrogen) atoms. The van der Waals surface area contributed by atoms with Crippen molar-refractivity contribution in [2.75, 3.05) is 0 Å². The number of rotatable bonds is 6. The van der Waals surface area contributed by atoms with Crippen molar-refractivity contribution >= 4 is 11.9 Å². The van der Waals surface area contributed by atoms with Crippen molar-refractivity contribution in [3.05, 3.63) is 0 Å². The first kappa shape index (κ1) is 12.9. The zero-order chi connectivity index (χ0) is 11.4. The second kappa shape index (κ2) is 4.92. The molecular weight excluding hydrogens is 192 g/mol. The van der Waals surface area contributed by atoms with Crippen LogP contribution in [0.3, 0.4) is 0 Å². The van der Waals surface area contributed by atoms with Gasteiger partial charge in [-0.15, -0.1) is 0 Å². The second-order valence-electron chi connectivity index (χ2n) is 3.07. The Labute approximate surface area is 80.8 Å². The van der Waals surface area contributed by atoms with Gasteiger partial charge in [-0.3, -0.25) is 0 Å². The van der Waals surface area contributed by atoms with E-state index in [2.05, 4.69) is 0 Å². The number of hydrogen-bond donors (Lipinski definition) is 4. The van der Waals surface area contributed by atoms with E-state index < -0.39 is 23.6 Å². The number of unbranched alkanes of at least 4 members (excludes halogenated alkanes) is 1. The normalized spacial score (nSPS) is 17.1. The van der Waals surface area contributed by atoms with Crippen LogP contribution in [0.1, 0.15) is 26.2 Å². The summed E-state index contributed by atoms with van der Waals surface area (Å²) in [6.45, 7) is 1.76. The Hall–Kier alpha value is -1.14. The van der Waals surface area contributed by atoms with Gasteiger partial charge in [0.05, 0.1) is 0 Å². The van der Waals surface area contributed by atoms with Crippen molar-refractivity contribution in [1.82, 2.24) is 0 Å². The molecule has 0 radical (unpaired) electrons. The first-order valence-electron chi connectivity index (χ1n) is 4.23. The lowest BCUT2D eigenvalue weighted by molar-refractivity contribution is -0.184. The minimum Gasteiger partial charge on any atom is -0.479 e. The number of carboxylic acids is 2. The van der Waals surface area contributed by atoms with Crippen LogP contribution in [0.2, 0.25) is 0 Å². The molecule has 0 saturated heterocycles. The Morgan fingerprint density at radius 3 is 2.14 bits per heavy atom. The average molecular weight is 206 g/mol. The molecule has 6 nitrogen and oxygen atoms in total. The fraction of sp³-hybridized carbons (Fsp3) is 0.750. The molecule has 4 N–H and O–H groups in total. The molecule has 6 heteroatoms. The van der Waals surface area contributed by atoms with E-state index in [9.17, 15) is 14.7 Å². The maximum absolute atomic E-state index is 10.6. The van der Waals surface area contributed by atoms with E-state index in [1.54, 1.807) is 6.92 Å². The summed E-state index contributed by atoms with van der Waals surface area (Å²) in [6, 6.07) is 0. The molecule has 2 atom stereocenters. The molecule has 0 fully saturated rings. The van der Waals surface area contributed by atoms with Crippen LogP contribution in [-0.4, -0.2) is 44.1 Å². The van der Waals surface area contributed by atoms with Crippen LogP contribution < -0.4 is 0 Å². The lowest BCUT2D eigenvalue weighted by Crippen LogP contribution is -2.53. The van der Waals surface area contributed by atoms with Crippen molar-refractivity contribution in [2.45, 2.75) is 37.9 Å². The highest BCUT2D eigenvalue weighted by Gasteiger charge is 2.46. The topological polar surface area (TPSA) is 115 Å². The first-order valence-corrected chi connectivity index (χ1v) is 4.23. The number of hydrogen-bond acceptors (Lipinski definition) is 4. The summed E-state index contributed by atoms with van der Waals surface area (Å²) in [5.74, 6) is -3.47. The van der Waals surface area contributed by atoms with Crippen LogP contribution in [0.4, 0.5) is 0 Å². The fourth-order valence-electron chi connectivity index (χ4n) is 1.01. The van der Waals surface area contributed by atoms with E-state index in [1.165, 1.54) is 0 Å². The van der Waals surface area contributed by atoms with E-state index in [0.717, 1.165) is 0 Å². The van der Waals surface area contributed by atoms with E-state index in [0.29, 0.717) is 12.8 Å². The molecule has 0 aliphatic carbocycles. The monoisotopic (exact) mass is 206 g/mol. The molecule has 0 amide bonds. The third kappa shape index (κ3) is 2.68. The zero-order valence-electron chi connectivity index (χ0n) is 7.80. The van der Waals surface area contributed by atoms with Gasteiger partial charge in [0.25, 0.3) is 0 Å². The van der Waals surface area contributed by atoms with Crippen LogP contribution in [0.25, 0.3) is 0 Å². The Balaban J connectivity index is 4.70. The number of carboxylic acid groups (broad SMARTS) is 2. The molecule has 0 heterocycles. The maximum atomic E-state index is 10.6. The summed E-state index contributed by atoms with van der Waals surface area (Å²) < 4.78 is 0. The van der Waals surface area contributed by atoms with Gasteiger partial charge in [-0.1, -0.05) is 19.8 Å². The fourth-order valence-corrected chi connectivity index (χ4v) is 1.01. The smallest absolute Gasteiger partial charge is 0.339 e. The molecule has 0 rings (SSSR count). The lowest BCUT2D eigenvalue weighted by Gasteiger charge is -2.25. The molecule has 0 aromatic heterocycles. The minimum absolute atomic E-state index is 0.285. The quantitative estimate of drug-likeness (QED) is 0.463. The van der Waals surface area contributed by atoms with Gasteiger partial charge < -0.3 is 20.4 Å². The maximum Gasteiger partial charge on any atom is 0.339 e. The number of aliphatic carboxylic acids is 2. The van der Waals surface area contributed by atoms with Crippen molar-refractivity contribution in [2.24, 2.45) is 0 Å². The molecule has 0 spiro atoms. The van der Waals surface area contributed by atoms with Crippen LogP contribution in [0.15, 0.2) is 0 Å². The third-order valence-corrected chi connectivity index (χ3v) is 1.97. The van der Waals surface area contributed by atoms with Crippen molar-refractivity contribution < 1.29 is 30.0 Å². The molecule has 0 aromatic rings. The Bertz CT molecular complexity index is 226. The molecule has 0 unspecified atom stereocenters. The van der Waals surface area contributed by atoms with Gasteiger partial charge in [0.1, 0.15) is 0 Å². The number of carbonyl (C=O) groups is 2. The SMILES string of the molecule is CCCC[C@@](O)(C(=O)O)[C@H](O)C(=O)O. The zero-order valence-corrected chi connectivity index (χ0v) is 7.80. The summed E-state index contributed by atoms with van der Waals surface area (Å²) in [5, 5.41) is 35.4. The average Bonchev–Trinajstić information content (AvgIpc) is 2.12. The Morgan fingerprint density at radius 1 is 1.36 bits per heavy atom. The standard InChI is InChI=1S/C8H14O6/c1-2-3-4-8(14,7(12)13)5(9)6(10)11/h5,9,14H,2-4H2,1H3,(H,10,11)(H,12,13)/t5-,8+/m1/s1. The molecule has 0 aliphatic heterocycles. The first-order chi connectivity index (χ1) is 6.36. The van der Waals surface area contributed by atoms with Crippen molar-refractivity contribution in [3.63, 3.8) is 0 Å². The van der Waals surface area contributed by atoms with Gasteiger partial charge in [0.15, 0.2) is 11.7 Å². The largest absolute Gasteiger partial charge is 0.479 e. The highest BCUT2D eigenvalue weighted by molar-refractivity contribution is 5.87. The predicted molar refractivity (Wildman–Crippen MR) is 45.8 cm³/mol. The van der Waals surface area contributed by atoms with E-state index in [4.69, 9.17) is 15.3 Å². The molecular formula is C8H14O6. The summed E-state index contributed by atoms with van der Waals surface area (Å²) >= 11 is 0. The van der Waals surface area contributed by atoms with Crippen LogP contribution in [-0.2, 0) is 9.59 Å². The second-order valence-corrected chi connectivity index (χ2v) is 3.07. The van der Waals surface area contributed by atoms with Crippen molar-refractivity contribution in [1.29, 1.82) is 0 Å². The number of aliphatic hydroxyl groups is 2. The Morgan fingerprint density at radius 2 is 1.86 bits per heavy atom. The van der Waals surface area contributed by atoms with Crippen molar-refractivity contribution in [3.8, 4) is 0 Å².